The minimum absolute atomic E-state index is 0.0723. The summed E-state index contributed by atoms with van der Waals surface area (Å²) in [5, 5.41) is 3.75. The number of nitrogens with one attached hydrogen (secondary N) is 1. The standard InChI is InChI=1S/C20H24Cl2N4O3S/c1-24-9-11-26(12-10-24)19-8-5-16(22)13-18(19)23-20(27)14-25(2)30(28,29)17-6-3-15(21)4-7-17/h3-8,13H,9-12,14H2,1-2H3,(H,23,27). The van der Waals surface area contributed by atoms with E-state index in [-0.39, 0.29) is 11.4 Å². The van der Waals surface area contributed by atoms with Crippen LogP contribution in [0.4, 0.5) is 11.4 Å². The minimum atomic E-state index is -3.82. The number of rotatable bonds is 6. The van der Waals surface area contributed by atoms with Gasteiger partial charge in [-0.1, -0.05) is 23.2 Å². The average molecular weight is 471 g/mol. The Bertz CT molecular complexity index is 1010. The summed E-state index contributed by atoms with van der Waals surface area (Å²) in [7, 11) is -0.384. The second kappa shape index (κ2) is 9.53. The van der Waals surface area contributed by atoms with Crippen LogP contribution >= 0.6 is 23.2 Å². The van der Waals surface area contributed by atoms with Gasteiger partial charge in [-0.05, 0) is 49.5 Å². The molecular formula is C20H24Cl2N4O3S. The second-order valence-corrected chi connectivity index (χ2v) is 10.1. The molecule has 3 rings (SSSR count). The molecule has 0 bridgehead atoms. The summed E-state index contributed by atoms with van der Waals surface area (Å²) in [5.74, 6) is -0.451. The molecule has 2 aromatic rings. The highest BCUT2D eigenvalue weighted by atomic mass is 35.5. The zero-order valence-corrected chi connectivity index (χ0v) is 19.1. The summed E-state index contributed by atoms with van der Waals surface area (Å²) >= 11 is 12.0. The molecule has 10 heteroatoms. The molecule has 0 aromatic heterocycles. The zero-order chi connectivity index (χ0) is 21.9. The Balaban J connectivity index is 1.73. The highest BCUT2D eigenvalue weighted by Gasteiger charge is 2.24. The SMILES string of the molecule is CN1CCN(c2ccc(Cl)cc2NC(=O)CN(C)S(=O)(=O)c2ccc(Cl)cc2)CC1. The van der Waals surface area contributed by atoms with E-state index < -0.39 is 15.9 Å². The van der Waals surface area contributed by atoms with Crippen molar-refractivity contribution in [1.29, 1.82) is 0 Å². The van der Waals surface area contributed by atoms with E-state index in [1.807, 2.05) is 6.07 Å². The molecule has 1 amide bonds. The number of amides is 1. The van der Waals surface area contributed by atoms with Crippen LogP contribution in [0.25, 0.3) is 0 Å². The van der Waals surface area contributed by atoms with Crippen LogP contribution in [0.3, 0.4) is 0 Å². The maximum Gasteiger partial charge on any atom is 0.243 e. The Morgan fingerprint density at radius 2 is 1.63 bits per heavy atom. The lowest BCUT2D eigenvalue weighted by atomic mass is 10.2. The van der Waals surface area contributed by atoms with Gasteiger partial charge < -0.3 is 15.1 Å². The monoisotopic (exact) mass is 470 g/mol. The van der Waals surface area contributed by atoms with Gasteiger partial charge in [-0.15, -0.1) is 0 Å². The summed E-state index contributed by atoms with van der Waals surface area (Å²) in [4.78, 5) is 17.1. The van der Waals surface area contributed by atoms with Crippen molar-refractivity contribution in [3.8, 4) is 0 Å². The number of anilines is 2. The van der Waals surface area contributed by atoms with E-state index in [0.717, 1.165) is 36.2 Å². The summed E-state index contributed by atoms with van der Waals surface area (Å²) in [5.41, 5.74) is 1.43. The van der Waals surface area contributed by atoms with Gasteiger partial charge in [0.15, 0.2) is 0 Å². The smallest absolute Gasteiger partial charge is 0.243 e. The van der Waals surface area contributed by atoms with Crippen molar-refractivity contribution in [2.75, 3.05) is 57.0 Å². The lowest BCUT2D eigenvalue weighted by molar-refractivity contribution is -0.116. The number of sulfonamides is 1. The molecule has 2 aromatic carbocycles. The van der Waals surface area contributed by atoms with Gasteiger partial charge in [0.2, 0.25) is 15.9 Å². The van der Waals surface area contributed by atoms with E-state index in [2.05, 4.69) is 22.2 Å². The molecule has 162 valence electrons. The minimum Gasteiger partial charge on any atom is -0.367 e. The van der Waals surface area contributed by atoms with Crippen LogP contribution in [0.5, 0.6) is 0 Å². The first-order valence-corrected chi connectivity index (χ1v) is 11.6. The van der Waals surface area contributed by atoms with Gasteiger partial charge in [0.1, 0.15) is 0 Å². The molecule has 7 nitrogen and oxygen atoms in total. The van der Waals surface area contributed by atoms with Gasteiger partial charge in [-0.25, -0.2) is 8.42 Å². The summed E-state index contributed by atoms with van der Waals surface area (Å²) in [6.07, 6.45) is 0. The van der Waals surface area contributed by atoms with Crippen LogP contribution in [0, 0.1) is 0 Å². The van der Waals surface area contributed by atoms with Gasteiger partial charge in [-0.3, -0.25) is 4.79 Å². The van der Waals surface area contributed by atoms with E-state index in [4.69, 9.17) is 23.2 Å². The second-order valence-electron chi connectivity index (χ2n) is 7.21. The van der Waals surface area contributed by atoms with E-state index in [1.54, 1.807) is 12.1 Å². The first kappa shape index (κ1) is 22.8. The number of carbonyl (C=O) groups excluding carboxylic acids is 1. The topological polar surface area (TPSA) is 73.0 Å². The molecule has 0 aliphatic carbocycles. The molecular weight excluding hydrogens is 447 g/mol. The third-order valence-electron chi connectivity index (χ3n) is 4.96. The average Bonchev–Trinajstić information content (AvgIpc) is 2.69. The Morgan fingerprint density at radius 3 is 2.27 bits per heavy atom. The van der Waals surface area contributed by atoms with E-state index in [1.165, 1.54) is 31.3 Å². The lowest BCUT2D eigenvalue weighted by Crippen LogP contribution is -2.44. The molecule has 1 heterocycles. The first-order chi connectivity index (χ1) is 14.2. The maximum absolute atomic E-state index is 12.7. The number of hydrogen-bond donors (Lipinski definition) is 1. The molecule has 1 saturated heterocycles. The fourth-order valence-corrected chi connectivity index (χ4v) is 4.62. The fourth-order valence-electron chi connectivity index (χ4n) is 3.19. The Labute approximate surface area is 187 Å². The van der Waals surface area contributed by atoms with Crippen LogP contribution in [0.2, 0.25) is 10.0 Å². The van der Waals surface area contributed by atoms with Crippen molar-refractivity contribution in [1.82, 2.24) is 9.21 Å². The van der Waals surface area contributed by atoms with Crippen LogP contribution in [-0.4, -0.2) is 70.3 Å². The fraction of sp³-hybridized carbons (Fsp3) is 0.350. The lowest BCUT2D eigenvalue weighted by Gasteiger charge is -2.35. The molecule has 0 unspecified atom stereocenters. The van der Waals surface area contributed by atoms with Crippen molar-refractivity contribution in [3.05, 3.63) is 52.5 Å². The largest absolute Gasteiger partial charge is 0.367 e. The van der Waals surface area contributed by atoms with Crippen molar-refractivity contribution < 1.29 is 13.2 Å². The zero-order valence-electron chi connectivity index (χ0n) is 16.8. The van der Waals surface area contributed by atoms with Crippen molar-refractivity contribution >= 4 is 50.5 Å². The van der Waals surface area contributed by atoms with Crippen LogP contribution < -0.4 is 10.2 Å². The molecule has 0 atom stereocenters. The van der Waals surface area contributed by atoms with E-state index in [9.17, 15) is 13.2 Å². The molecule has 0 saturated carbocycles. The Hall–Kier alpha value is -1.84. The molecule has 0 radical (unpaired) electrons. The maximum atomic E-state index is 12.7. The normalized spacial score (nSPS) is 15.4. The van der Waals surface area contributed by atoms with Crippen molar-refractivity contribution in [3.63, 3.8) is 0 Å². The van der Waals surface area contributed by atoms with Gasteiger partial charge in [0.25, 0.3) is 0 Å². The number of carbonyl (C=O) groups is 1. The number of benzene rings is 2. The van der Waals surface area contributed by atoms with Gasteiger partial charge in [0, 0.05) is 43.3 Å². The quantitative estimate of drug-likeness (QED) is 0.702. The number of piperazine rings is 1. The number of hydrogen-bond acceptors (Lipinski definition) is 5. The van der Waals surface area contributed by atoms with Gasteiger partial charge >= 0.3 is 0 Å². The Kier molecular flexibility index (Phi) is 7.26. The highest BCUT2D eigenvalue weighted by Crippen LogP contribution is 2.30. The van der Waals surface area contributed by atoms with Crippen LogP contribution in [0.15, 0.2) is 47.4 Å². The van der Waals surface area contributed by atoms with Gasteiger partial charge in [-0.2, -0.15) is 4.31 Å². The highest BCUT2D eigenvalue weighted by molar-refractivity contribution is 7.89. The van der Waals surface area contributed by atoms with E-state index in [0.29, 0.717) is 15.7 Å². The summed E-state index contributed by atoms with van der Waals surface area (Å²) in [6.45, 7) is 3.15. The van der Waals surface area contributed by atoms with Gasteiger partial charge in [0.05, 0.1) is 22.8 Å². The van der Waals surface area contributed by atoms with Crippen molar-refractivity contribution in [2.24, 2.45) is 0 Å². The molecule has 1 fully saturated rings. The predicted molar refractivity (Wildman–Crippen MR) is 121 cm³/mol. The van der Waals surface area contributed by atoms with E-state index >= 15 is 0 Å². The predicted octanol–water partition coefficient (Wildman–Crippen LogP) is 3.00. The number of likely N-dealkylation sites (N-methyl/N-ethyl adjacent to an activating group) is 2. The molecule has 1 aliphatic heterocycles. The number of halogens is 2. The molecule has 1 N–H and O–H groups in total. The third kappa shape index (κ3) is 5.44. The number of nitrogens with zero attached hydrogens (tertiary/aromatic N) is 3. The first-order valence-electron chi connectivity index (χ1n) is 9.41. The molecule has 1 aliphatic rings. The third-order valence-corrected chi connectivity index (χ3v) is 7.27. The molecule has 30 heavy (non-hydrogen) atoms. The summed E-state index contributed by atoms with van der Waals surface area (Å²) in [6, 6.07) is 11.1. The Morgan fingerprint density at radius 1 is 1.03 bits per heavy atom. The molecule has 0 spiro atoms. The van der Waals surface area contributed by atoms with Crippen molar-refractivity contribution in [2.45, 2.75) is 4.90 Å². The summed E-state index contributed by atoms with van der Waals surface area (Å²) < 4.78 is 26.4. The van der Waals surface area contributed by atoms with Crippen LogP contribution in [-0.2, 0) is 14.8 Å². The van der Waals surface area contributed by atoms with Crippen LogP contribution in [0.1, 0.15) is 0 Å².